The minimum atomic E-state index is -3.22. The predicted molar refractivity (Wildman–Crippen MR) is 162 cm³/mol. The number of hydrogen-bond acceptors (Lipinski definition) is 5. The van der Waals surface area contributed by atoms with Crippen LogP contribution >= 0.6 is 50.5 Å². The van der Waals surface area contributed by atoms with Crippen LogP contribution in [0.25, 0.3) is 22.9 Å². The Hall–Kier alpha value is -1.95. The molecule has 0 aliphatic carbocycles. The highest BCUT2D eigenvalue weighted by Crippen LogP contribution is 2.61. The van der Waals surface area contributed by atoms with Gasteiger partial charge in [0.2, 0.25) is 11.6 Å². The van der Waals surface area contributed by atoms with E-state index in [1.54, 1.807) is 13.8 Å². The molecule has 0 atom stereocenters. The summed E-state index contributed by atoms with van der Waals surface area (Å²) in [6, 6.07) is 16.2. The molecule has 0 aliphatic heterocycles. The average molecular weight is 634 g/mol. The van der Waals surface area contributed by atoms with Crippen LogP contribution in [0.2, 0.25) is 0 Å². The molecule has 2 heterocycles. The summed E-state index contributed by atoms with van der Waals surface area (Å²) in [5, 5.41) is 8.61. The quantitative estimate of drug-likeness (QED) is 0.0944. The van der Waals surface area contributed by atoms with Crippen LogP contribution in [0.5, 0.6) is 0 Å². The van der Waals surface area contributed by atoms with E-state index in [0.29, 0.717) is 41.0 Å². The molecule has 6 nitrogen and oxygen atoms in total. The fourth-order valence-corrected chi connectivity index (χ4v) is 3.68. The van der Waals surface area contributed by atoms with E-state index in [-0.39, 0.29) is 0 Å². The van der Waals surface area contributed by atoms with Crippen molar-refractivity contribution in [2.45, 2.75) is 66.2 Å². The molecule has 0 saturated heterocycles. The van der Waals surface area contributed by atoms with Gasteiger partial charge in [0.15, 0.2) is 5.76 Å². The largest absolute Gasteiger partial charge is 0.616 e. The topological polar surface area (TPSA) is 83.2 Å². The number of halogens is 4. The van der Waals surface area contributed by atoms with Crippen molar-refractivity contribution < 1.29 is 18.1 Å². The first kappa shape index (κ1) is 33.3. The summed E-state index contributed by atoms with van der Waals surface area (Å²) in [7, 11) is 0. The third kappa shape index (κ3) is 10.2. The maximum absolute atomic E-state index is 11.8. The molecule has 0 bridgehead atoms. The third-order valence-electron chi connectivity index (χ3n) is 5.92. The molecular formula is C28H33Cl4N2O4P. The summed E-state index contributed by atoms with van der Waals surface area (Å²) < 4.78 is 21.4. The fraction of sp³-hybridized carbons (Fsp3) is 0.357. The third-order valence-corrected chi connectivity index (χ3v) is 6.17. The molecule has 0 aliphatic rings. The molecule has 0 amide bonds. The first-order valence-corrected chi connectivity index (χ1v) is 17.2. The smallest absolute Gasteiger partial charge is 0.392 e. The van der Waals surface area contributed by atoms with E-state index in [1.807, 2.05) is 43.3 Å². The summed E-state index contributed by atoms with van der Waals surface area (Å²) in [6.45, 7) is 14.1. The van der Waals surface area contributed by atoms with E-state index in [0.717, 1.165) is 27.3 Å². The van der Waals surface area contributed by atoms with E-state index >= 15 is 0 Å². The Bertz CT molecular complexity index is 1380. The van der Waals surface area contributed by atoms with Gasteiger partial charge in [-0.15, -0.1) is 16.3 Å². The van der Waals surface area contributed by atoms with Crippen molar-refractivity contribution in [3.63, 3.8) is 0 Å². The average Bonchev–Trinajstić information content (AvgIpc) is 3.37. The number of aromatic nitrogens is 2. The molecule has 0 radical (unpaired) electrons. The Kier molecular flexibility index (Phi) is 12.5. The summed E-state index contributed by atoms with van der Waals surface area (Å²) >= 11 is 19.6. The molecule has 11 heteroatoms. The lowest BCUT2D eigenvalue weighted by Crippen LogP contribution is -2.29. The van der Waals surface area contributed by atoms with Crippen LogP contribution in [0.3, 0.4) is 0 Å². The van der Waals surface area contributed by atoms with Crippen LogP contribution in [0.4, 0.5) is 0 Å². The van der Waals surface area contributed by atoms with Crippen LogP contribution < -0.4 is 4.73 Å². The number of nitrogens with zero attached hydrogens (tertiary/aromatic N) is 2. The molecular weight excluding hydrogens is 601 g/mol. The number of oxazole rings is 2. The second kappa shape index (κ2) is 14.6. The van der Waals surface area contributed by atoms with Gasteiger partial charge in [0.05, 0.1) is 17.1 Å². The van der Waals surface area contributed by atoms with E-state index < -0.39 is 5.20 Å². The number of alkyl halides is 1. The lowest BCUT2D eigenvalue weighted by atomic mass is 10.0. The molecule has 4 aromatic rings. The number of aryl methyl sites for hydroxylation is 2. The highest BCUT2D eigenvalue weighted by atomic mass is 36.0. The molecule has 212 valence electrons. The van der Waals surface area contributed by atoms with Crippen LogP contribution in [-0.2, 0) is 10.4 Å². The van der Waals surface area contributed by atoms with Gasteiger partial charge in [-0.05, 0) is 87.9 Å². The maximum Gasteiger partial charge on any atom is 0.392 e. The Morgan fingerprint density at radius 2 is 1.26 bits per heavy atom. The predicted octanol–water partition coefficient (Wildman–Crippen LogP) is 10.6. The SMILES string of the molecule is Cc1oc(-c2ccc(C(C)C)cc2)[n+]([O-])c1C.Cc1oc(-c2ccc(C(C)C)cc2)nc1CCl.O=P(Cl)(Cl)Cl. The van der Waals surface area contributed by atoms with Crippen molar-refractivity contribution in [3.05, 3.63) is 87.8 Å². The summed E-state index contributed by atoms with van der Waals surface area (Å²) in [4.78, 5) is 4.37. The van der Waals surface area contributed by atoms with Gasteiger partial charge in [0.25, 0.3) is 0 Å². The zero-order valence-corrected chi connectivity index (χ0v) is 26.9. The van der Waals surface area contributed by atoms with Gasteiger partial charge in [-0.25, -0.2) is 4.98 Å². The standard InChI is InChI=1S/C14H16ClNO.C14H17NO2.Cl3OP/c1-9(2)11-4-6-12(7-5-11)14-16-13(8-15)10(3)17-14;1-9(2)12-5-7-13(8-6-12)14-15(16)10(3)11(4)17-14;1-5(2,3)4/h4-7,9H,8H2,1-3H3;5-9H,1-4H3;. The molecule has 2 aromatic carbocycles. The minimum absolute atomic E-state index is 0.371. The van der Waals surface area contributed by atoms with Gasteiger partial charge in [-0.1, -0.05) is 52.0 Å². The molecule has 0 spiro atoms. The lowest BCUT2D eigenvalue weighted by Gasteiger charge is -2.04. The Morgan fingerprint density at radius 3 is 1.59 bits per heavy atom. The molecule has 2 aromatic heterocycles. The number of rotatable bonds is 5. The van der Waals surface area contributed by atoms with Gasteiger partial charge in [-0.2, -0.15) is 0 Å². The van der Waals surface area contributed by atoms with E-state index in [1.165, 1.54) is 11.1 Å². The van der Waals surface area contributed by atoms with Crippen molar-refractivity contribution in [2.75, 3.05) is 0 Å². The fourth-order valence-electron chi connectivity index (χ4n) is 3.43. The zero-order chi connectivity index (χ0) is 29.5. The van der Waals surface area contributed by atoms with Gasteiger partial charge in [-0.3, -0.25) is 4.57 Å². The summed E-state index contributed by atoms with van der Waals surface area (Å²) in [5.41, 5.74) is 5.82. The Balaban J connectivity index is 0.000000234. The van der Waals surface area contributed by atoms with Crippen molar-refractivity contribution in [3.8, 4) is 22.9 Å². The van der Waals surface area contributed by atoms with Crippen LogP contribution in [0, 0.1) is 26.0 Å². The van der Waals surface area contributed by atoms with Gasteiger partial charge in [0.1, 0.15) is 5.76 Å². The molecule has 39 heavy (non-hydrogen) atoms. The second-order valence-electron chi connectivity index (χ2n) is 9.45. The monoisotopic (exact) mass is 632 g/mol. The highest BCUT2D eigenvalue weighted by Gasteiger charge is 2.20. The van der Waals surface area contributed by atoms with Crippen molar-refractivity contribution in [1.82, 2.24) is 4.98 Å². The molecule has 0 N–H and O–H groups in total. The Labute approximate surface area is 249 Å². The van der Waals surface area contributed by atoms with E-state index in [4.69, 9.17) is 20.4 Å². The zero-order valence-electron chi connectivity index (χ0n) is 23.0. The van der Waals surface area contributed by atoms with Gasteiger partial charge >= 0.3 is 11.1 Å². The van der Waals surface area contributed by atoms with Crippen molar-refractivity contribution in [2.24, 2.45) is 0 Å². The summed E-state index contributed by atoms with van der Waals surface area (Å²) in [6.07, 6.45) is 0. The van der Waals surface area contributed by atoms with Crippen molar-refractivity contribution in [1.29, 1.82) is 0 Å². The normalized spacial score (nSPS) is 11.2. The van der Waals surface area contributed by atoms with Gasteiger partial charge in [0, 0.05) is 19.4 Å². The first-order chi connectivity index (χ1) is 18.1. The number of hydrogen-bond donors (Lipinski definition) is 0. The lowest BCUT2D eigenvalue weighted by molar-refractivity contribution is -0.602. The molecule has 0 saturated carbocycles. The maximum atomic E-state index is 11.8. The first-order valence-electron chi connectivity index (χ1n) is 12.2. The Morgan fingerprint density at radius 1 is 0.821 bits per heavy atom. The molecule has 0 fully saturated rings. The second-order valence-corrected chi connectivity index (χ2v) is 16.4. The van der Waals surface area contributed by atoms with E-state index in [2.05, 4.69) is 78.5 Å². The summed E-state index contributed by atoms with van der Waals surface area (Å²) in [5.74, 6) is 3.89. The van der Waals surface area contributed by atoms with Crippen LogP contribution in [0.15, 0.2) is 57.4 Å². The molecule has 4 rings (SSSR count). The van der Waals surface area contributed by atoms with E-state index in [9.17, 15) is 9.77 Å². The minimum Gasteiger partial charge on any atom is -0.616 e. The molecule has 0 unspecified atom stereocenters. The van der Waals surface area contributed by atoms with Crippen LogP contribution in [-0.4, -0.2) is 4.98 Å². The highest BCUT2D eigenvalue weighted by molar-refractivity contribution is 8.24. The van der Waals surface area contributed by atoms with Crippen molar-refractivity contribution >= 4 is 50.5 Å². The van der Waals surface area contributed by atoms with Crippen LogP contribution in [0.1, 0.15) is 73.6 Å². The van der Waals surface area contributed by atoms with Gasteiger partial charge < -0.3 is 14.0 Å². The number of benzene rings is 2.